The first-order valence-electron chi connectivity index (χ1n) is 15.2. The summed E-state index contributed by atoms with van der Waals surface area (Å²) in [5.74, 6) is -1.37. The Morgan fingerprint density at radius 3 is 2.24 bits per heavy atom. The number of hydrogen-bond donors (Lipinski definition) is 2. The van der Waals surface area contributed by atoms with Crippen molar-refractivity contribution >= 4 is 18.0 Å². The molecule has 216 valence electrons. The van der Waals surface area contributed by atoms with Crippen molar-refractivity contribution in [2.75, 3.05) is 0 Å². The first-order valence-corrected chi connectivity index (χ1v) is 15.2. The smallest absolute Gasteiger partial charge is 0.308 e. The third-order valence-corrected chi connectivity index (χ3v) is 12.9. The van der Waals surface area contributed by atoms with E-state index >= 15 is 0 Å². The Balaban J connectivity index is 1.76. The van der Waals surface area contributed by atoms with Crippen molar-refractivity contribution in [2.24, 2.45) is 51.2 Å². The maximum Gasteiger partial charge on any atom is 0.308 e. The molecule has 6 nitrogen and oxygen atoms in total. The number of hydrogen-bond acceptors (Lipinski definition) is 6. The van der Waals surface area contributed by atoms with Crippen LogP contribution in [0.15, 0.2) is 0 Å². The van der Waals surface area contributed by atoms with Crippen molar-refractivity contribution in [3.8, 4) is 0 Å². The Labute approximate surface area is 229 Å². The Morgan fingerprint density at radius 1 is 1.00 bits per heavy atom. The van der Waals surface area contributed by atoms with Crippen LogP contribution in [0.5, 0.6) is 0 Å². The lowest BCUT2D eigenvalue weighted by Crippen LogP contribution is -2.69. The molecule has 0 aromatic carbocycles. The Morgan fingerprint density at radius 2 is 1.66 bits per heavy atom. The zero-order valence-corrected chi connectivity index (χ0v) is 24.8. The van der Waals surface area contributed by atoms with Gasteiger partial charge in [0, 0.05) is 11.3 Å². The molecule has 0 saturated heterocycles. The molecule has 4 rings (SSSR count). The number of fused-ring (bicyclic) bond motifs is 5. The van der Waals surface area contributed by atoms with Gasteiger partial charge in [-0.25, -0.2) is 0 Å². The average Bonchev–Trinajstić information content (AvgIpc) is 2.85. The van der Waals surface area contributed by atoms with Gasteiger partial charge in [0.25, 0.3) is 0 Å². The number of aliphatic hydroxyl groups excluding tert-OH is 2. The second kappa shape index (κ2) is 10.3. The van der Waals surface area contributed by atoms with Gasteiger partial charge in [0.05, 0.1) is 24.5 Å². The molecule has 12 atom stereocenters. The molecular weight excluding hydrogens is 480 g/mol. The van der Waals surface area contributed by atoms with Crippen molar-refractivity contribution in [1.82, 2.24) is 0 Å². The largest absolute Gasteiger partial charge is 0.461 e. The number of ether oxygens (including phenoxy) is 1. The normalized spacial score (nSPS) is 49.1. The zero-order valence-electron chi connectivity index (χ0n) is 24.8. The van der Waals surface area contributed by atoms with Crippen LogP contribution in [-0.2, 0) is 19.1 Å². The second-order valence-corrected chi connectivity index (χ2v) is 14.5. The summed E-state index contributed by atoms with van der Waals surface area (Å²) in [4.78, 5) is 38.6. The lowest BCUT2D eigenvalue weighted by Gasteiger charge is -2.71. The molecule has 4 fully saturated rings. The number of Topliss-reactive ketones (excluding diaryl/α,β-unsaturated/α-hetero) is 1. The van der Waals surface area contributed by atoms with Crippen LogP contribution in [0.25, 0.3) is 0 Å². The van der Waals surface area contributed by atoms with Crippen molar-refractivity contribution in [1.29, 1.82) is 0 Å². The average molecular weight is 533 g/mol. The van der Waals surface area contributed by atoms with E-state index in [-0.39, 0.29) is 29.0 Å². The minimum Gasteiger partial charge on any atom is -0.461 e. The predicted octanol–water partition coefficient (Wildman–Crippen LogP) is 5.51. The van der Waals surface area contributed by atoms with Gasteiger partial charge in [-0.1, -0.05) is 54.4 Å². The van der Waals surface area contributed by atoms with Crippen LogP contribution in [0.2, 0.25) is 0 Å². The van der Waals surface area contributed by atoms with E-state index in [1.807, 2.05) is 6.92 Å². The second-order valence-electron chi connectivity index (χ2n) is 14.5. The fourth-order valence-corrected chi connectivity index (χ4v) is 10.7. The van der Waals surface area contributed by atoms with Crippen molar-refractivity contribution in [2.45, 2.75) is 131 Å². The maximum atomic E-state index is 13.0. The van der Waals surface area contributed by atoms with E-state index in [0.29, 0.717) is 36.5 Å². The number of esters is 1. The lowest BCUT2D eigenvalue weighted by molar-refractivity contribution is -0.260. The Kier molecular flexibility index (Phi) is 8.04. The third kappa shape index (κ3) is 4.31. The first-order chi connectivity index (χ1) is 17.7. The quantitative estimate of drug-likeness (QED) is 0.331. The van der Waals surface area contributed by atoms with Crippen LogP contribution in [0.1, 0.15) is 113 Å². The number of aldehydes is 1. The summed E-state index contributed by atoms with van der Waals surface area (Å²) in [5, 5.41) is 22.0. The highest BCUT2D eigenvalue weighted by atomic mass is 16.5. The monoisotopic (exact) mass is 532 g/mol. The highest BCUT2D eigenvalue weighted by Crippen LogP contribution is 2.73. The molecule has 0 spiro atoms. The number of rotatable bonds is 7. The summed E-state index contributed by atoms with van der Waals surface area (Å²) in [7, 11) is 0. The van der Waals surface area contributed by atoms with E-state index in [4.69, 9.17) is 4.74 Å². The van der Waals surface area contributed by atoms with Crippen LogP contribution < -0.4 is 0 Å². The Bertz CT molecular complexity index is 933. The van der Waals surface area contributed by atoms with Gasteiger partial charge in [-0.05, 0) is 85.9 Å². The van der Waals surface area contributed by atoms with Gasteiger partial charge in [-0.15, -0.1) is 0 Å². The molecule has 6 heteroatoms. The van der Waals surface area contributed by atoms with E-state index in [1.165, 1.54) is 19.8 Å². The number of aliphatic hydroxyl groups is 2. The van der Waals surface area contributed by atoms with E-state index in [9.17, 15) is 24.6 Å². The molecule has 38 heavy (non-hydrogen) atoms. The van der Waals surface area contributed by atoms with Crippen LogP contribution in [0, 0.1) is 51.2 Å². The molecule has 0 amide bonds. The molecular formula is C32H52O6. The molecule has 4 aliphatic rings. The summed E-state index contributed by atoms with van der Waals surface area (Å²) in [6, 6.07) is 0. The molecule has 1 unspecified atom stereocenters. The number of carbonyl (C=O) groups excluding carboxylic acids is 3. The number of carbonyl (C=O) groups is 3. The SMILES string of the molecule is CCC(O)CC(=O)O[C@@H]1C[C@H]2[C@]3(C)CC[C@H]4[C@](C)(CC)CCC[C@]4(C)[C@H]3C[C@@H](O)[C@]2(C)[C@@H](C=O)[C@@H]1C(C)=O. The molecule has 0 aliphatic heterocycles. The summed E-state index contributed by atoms with van der Waals surface area (Å²) < 4.78 is 5.95. The third-order valence-electron chi connectivity index (χ3n) is 12.9. The minimum absolute atomic E-state index is 0.0592. The van der Waals surface area contributed by atoms with Crippen molar-refractivity contribution < 1.29 is 29.3 Å². The first kappa shape index (κ1) is 29.7. The molecule has 2 N–H and O–H groups in total. The summed E-state index contributed by atoms with van der Waals surface area (Å²) >= 11 is 0. The Hall–Kier alpha value is -1.27. The van der Waals surface area contributed by atoms with Gasteiger partial charge in [0.1, 0.15) is 18.2 Å². The standard InChI is InChI=1S/C32H52O6/c1-8-20(35)15-27(37)38-22-16-25-31(6)14-11-23-29(4,9-2)12-10-13-30(23,5)24(31)17-26(36)32(25,7)21(18-33)28(22)19(3)34/h18,20-26,28,35-36H,8-17H2,1-7H3/t20?,21-,22+,23-,24+,25-,26+,28-,29+,30-,31+,32+/m0/s1. The zero-order chi connectivity index (χ0) is 28.3. The van der Waals surface area contributed by atoms with Crippen molar-refractivity contribution in [3.63, 3.8) is 0 Å². The molecule has 0 heterocycles. The van der Waals surface area contributed by atoms with E-state index in [1.54, 1.807) is 6.92 Å². The molecule has 0 bridgehead atoms. The molecule has 0 radical (unpaired) electrons. The number of ketones is 1. The van der Waals surface area contributed by atoms with E-state index in [2.05, 4.69) is 27.7 Å². The van der Waals surface area contributed by atoms with Crippen LogP contribution in [0.4, 0.5) is 0 Å². The molecule has 4 saturated carbocycles. The summed E-state index contributed by atoms with van der Waals surface area (Å²) in [6.45, 7) is 14.9. The van der Waals surface area contributed by atoms with Gasteiger partial charge >= 0.3 is 5.97 Å². The van der Waals surface area contributed by atoms with Gasteiger partial charge < -0.3 is 19.7 Å². The van der Waals surface area contributed by atoms with Gasteiger partial charge in [0.2, 0.25) is 0 Å². The van der Waals surface area contributed by atoms with Crippen LogP contribution >= 0.6 is 0 Å². The fraction of sp³-hybridized carbons (Fsp3) is 0.906. The maximum absolute atomic E-state index is 13.0. The van der Waals surface area contributed by atoms with E-state index < -0.39 is 41.5 Å². The molecule has 0 aromatic heterocycles. The van der Waals surface area contributed by atoms with Gasteiger partial charge in [-0.2, -0.15) is 0 Å². The van der Waals surface area contributed by atoms with Gasteiger partial charge in [0.15, 0.2) is 0 Å². The minimum atomic E-state index is -0.790. The van der Waals surface area contributed by atoms with Crippen molar-refractivity contribution in [3.05, 3.63) is 0 Å². The topological polar surface area (TPSA) is 101 Å². The summed E-state index contributed by atoms with van der Waals surface area (Å²) in [5.41, 5.74) is -0.497. The highest BCUT2D eigenvalue weighted by molar-refractivity contribution is 5.83. The predicted molar refractivity (Wildman–Crippen MR) is 146 cm³/mol. The van der Waals surface area contributed by atoms with E-state index in [0.717, 1.165) is 32.0 Å². The van der Waals surface area contributed by atoms with Gasteiger partial charge in [-0.3, -0.25) is 9.59 Å². The molecule has 4 aliphatic carbocycles. The molecule has 0 aromatic rings. The summed E-state index contributed by atoms with van der Waals surface area (Å²) in [6.07, 6.45) is 7.00. The van der Waals surface area contributed by atoms with Crippen LogP contribution in [0.3, 0.4) is 0 Å². The lowest BCUT2D eigenvalue weighted by atomic mass is 9.33. The highest BCUT2D eigenvalue weighted by Gasteiger charge is 2.70. The van der Waals surface area contributed by atoms with Crippen LogP contribution in [-0.4, -0.2) is 46.6 Å². The fourth-order valence-electron chi connectivity index (χ4n) is 10.7.